The van der Waals surface area contributed by atoms with Gasteiger partial charge in [-0.3, -0.25) is 4.79 Å². The fourth-order valence-corrected chi connectivity index (χ4v) is 2.88. The molecule has 0 aliphatic rings. The predicted octanol–water partition coefficient (Wildman–Crippen LogP) is 4.37. The number of methoxy groups -OCH3 is 1. The molecule has 1 N–H and O–H groups in total. The molecule has 0 fully saturated rings. The van der Waals surface area contributed by atoms with Gasteiger partial charge < -0.3 is 19.3 Å². The fourth-order valence-electron chi connectivity index (χ4n) is 2.88. The van der Waals surface area contributed by atoms with Crippen LogP contribution in [0.25, 0.3) is 10.8 Å². The van der Waals surface area contributed by atoms with Crippen LogP contribution in [0.2, 0.25) is 0 Å². The Morgan fingerprint density at radius 2 is 1.77 bits per heavy atom. The molecule has 0 aliphatic carbocycles. The Kier molecular flexibility index (Phi) is 4.98. The van der Waals surface area contributed by atoms with Crippen LogP contribution in [0, 0.1) is 6.92 Å². The van der Waals surface area contributed by atoms with E-state index in [1.165, 1.54) is 14.0 Å². The molecule has 0 amide bonds. The summed E-state index contributed by atoms with van der Waals surface area (Å²) in [5.41, 5.74) is 1.59. The summed E-state index contributed by atoms with van der Waals surface area (Å²) >= 11 is 0. The summed E-state index contributed by atoms with van der Waals surface area (Å²) in [7, 11) is 1.46. The number of hydrogen-bond acceptors (Lipinski definition) is 5. The molecule has 5 heteroatoms. The maximum atomic E-state index is 11.5. The number of carbonyl (C=O) groups is 1. The van der Waals surface area contributed by atoms with Gasteiger partial charge in [0.05, 0.1) is 7.11 Å². The van der Waals surface area contributed by atoms with Crippen LogP contribution in [-0.2, 0) is 11.4 Å². The lowest BCUT2D eigenvalue weighted by Crippen LogP contribution is -2.05. The highest BCUT2D eigenvalue weighted by Crippen LogP contribution is 2.45. The second kappa shape index (κ2) is 7.35. The number of phenols is 1. The molecule has 0 heterocycles. The summed E-state index contributed by atoms with van der Waals surface area (Å²) < 4.78 is 16.5. The summed E-state index contributed by atoms with van der Waals surface area (Å²) in [5.74, 6) is 0.806. The van der Waals surface area contributed by atoms with Gasteiger partial charge in [0, 0.05) is 23.3 Å². The Morgan fingerprint density at radius 3 is 2.42 bits per heavy atom. The largest absolute Gasteiger partial charge is 0.504 e. The summed E-state index contributed by atoms with van der Waals surface area (Å²) in [6.07, 6.45) is 0. The van der Waals surface area contributed by atoms with Crippen molar-refractivity contribution in [2.24, 2.45) is 0 Å². The molecule has 0 atom stereocenters. The minimum absolute atomic E-state index is 0.00510. The van der Waals surface area contributed by atoms with Gasteiger partial charge >= 0.3 is 5.97 Å². The van der Waals surface area contributed by atoms with Crippen molar-refractivity contribution in [3.05, 3.63) is 59.7 Å². The number of aromatic hydroxyl groups is 1. The van der Waals surface area contributed by atoms with Crippen LogP contribution in [0.4, 0.5) is 0 Å². The van der Waals surface area contributed by atoms with E-state index in [0.29, 0.717) is 34.4 Å². The Labute approximate surface area is 151 Å². The van der Waals surface area contributed by atoms with E-state index in [-0.39, 0.29) is 11.5 Å². The minimum atomic E-state index is -0.447. The second-order valence-corrected chi connectivity index (χ2v) is 5.91. The zero-order valence-corrected chi connectivity index (χ0v) is 14.9. The summed E-state index contributed by atoms with van der Waals surface area (Å²) in [6.45, 7) is 3.48. The third kappa shape index (κ3) is 3.42. The fraction of sp³-hybridized carbons (Fsp3) is 0.190. The molecular formula is C21H20O5. The molecule has 0 radical (unpaired) electrons. The molecule has 3 aromatic rings. The topological polar surface area (TPSA) is 65.0 Å². The highest BCUT2D eigenvalue weighted by molar-refractivity contribution is 5.99. The van der Waals surface area contributed by atoms with E-state index in [2.05, 4.69) is 0 Å². The second-order valence-electron chi connectivity index (χ2n) is 5.91. The SMILES string of the molecule is COc1c(C)c(OC(C)=O)c2cc(OCc3ccccc3)ccc2c1O. The van der Waals surface area contributed by atoms with Crippen LogP contribution in [0.15, 0.2) is 48.5 Å². The van der Waals surface area contributed by atoms with E-state index in [4.69, 9.17) is 14.2 Å². The standard InChI is InChI=1S/C21H20O5/c1-13-20(26-14(2)22)18-11-16(25-12-15-7-5-4-6-8-15)9-10-17(18)19(23)21(13)24-3/h4-11,23H,12H2,1-3H3. The molecule has 0 spiro atoms. The number of esters is 1. The monoisotopic (exact) mass is 352 g/mol. The Morgan fingerprint density at radius 1 is 1.04 bits per heavy atom. The molecule has 26 heavy (non-hydrogen) atoms. The lowest BCUT2D eigenvalue weighted by molar-refractivity contribution is -0.131. The number of rotatable bonds is 5. The predicted molar refractivity (Wildman–Crippen MR) is 99.0 cm³/mol. The summed E-state index contributed by atoms with van der Waals surface area (Å²) in [6, 6.07) is 15.0. The van der Waals surface area contributed by atoms with Crippen LogP contribution < -0.4 is 14.2 Å². The Bertz CT molecular complexity index is 948. The van der Waals surface area contributed by atoms with E-state index in [1.807, 2.05) is 30.3 Å². The Hall–Kier alpha value is -3.21. The summed E-state index contributed by atoms with van der Waals surface area (Å²) in [5, 5.41) is 11.6. The van der Waals surface area contributed by atoms with Crippen molar-refractivity contribution in [3.63, 3.8) is 0 Å². The first-order chi connectivity index (χ1) is 12.5. The smallest absolute Gasteiger partial charge is 0.308 e. The first kappa shape index (κ1) is 17.6. The maximum absolute atomic E-state index is 11.5. The van der Waals surface area contributed by atoms with Gasteiger partial charge in [-0.25, -0.2) is 0 Å². The highest BCUT2D eigenvalue weighted by atomic mass is 16.5. The van der Waals surface area contributed by atoms with Crippen molar-refractivity contribution >= 4 is 16.7 Å². The van der Waals surface area contributed by atoms with E-state index in [1.54, 1.807) is 25.1 Å². The van der Waals surface area contributed by atoms with Crippen molar-refractivity contribution in [1.29, 1.82) is 0 Å². The van der Waals surface area contributed by atoms with Crippen molar-refractivity contribution in [3.8, 4) is 23.0 Å². The van der Waals surface area contributed by atoms with Gasteiger partial charge in [0.15, 0.2) is 11.5 Å². The molecule has 0 aromatic heterocycles. The minimum Gasteiger partial charge on any atom is -0.504 e. The normalized spacial score (nSPS) is 10.6. The number of fused-ring (bicyclic) bond motifs is 1. The molecule has 3 aromatic carbocycles. The molecule has 0 saturated carbocycles. The quantitative estimate of drug-likeness (QED) is 0.546. The van der Waals surface area contributed by atoms with Crippen LogP contribution in [0.5, 0.6) is 23.0 Å². The van der Waals surface area contributed by atoms with Crippen LogP contribution in [-0.4, -0.2) is 18.2 Å². The third-order valence-electron chi connectivity index (χ3n) is 4.09. The zero-order valence-electron chi connectivity index (χ0n) is 14.9. The molecule has 0 bridgehead atoms. The van der Waals surface area contributed by atoms with Gasteiger partial charge in [0.1, 0.15) is 18.1 Å². The van der Waals surface area contributed by atoms with Crippen molar-refractivity contribution in [2.75, 3.05) is 7.11 Å². The molecule has 5 nitrogen and oxygen atoms in total. The average molecular weight is 352 g/mol. The molecule has 0 saturated heterocycles. The van der Waals surface area contributed by atoms with Gasteiger partial charge in [-0.2, -0.15) is 0 Å². The molecule has 0 unspecified atom stereocenters. The highest BCUT2D eigenvalue weighted by Gasteiger charge is 2.20. The average Bonchev–Trinajstić information content (AvgIpc) is 2.64. The van der Waals surface area contributed by atoms with E-state index in [0.717, 1.165) is 5.56 Å². The molecule has 0 aliphatic heterocycles. The van der Waals surface area contributed by atoms with Crippen molar-refractivity contribution in [1.82, 2.24) is 0 Å². The van der Waals surface area contributed by atoms with Crippen molar-refractivity contribution in [2.45, 2.75) is 20.5 Å². The number of benzene rings is 3. The van der Waals surface area contributed by atoms with Gasteiger partial charge in [-0.05, 0) is 30.7 Å². The number of phenolic OH excluding ortho intramolecular Hbond substituents is 1. The number of hydrogen-bond donors (Lipinski definition) is 1. The van der Waals surface area contributed by atoms with E-state index < -0.39 is 5.97 Å². The van der Waals surface area contributed by atoms with Gasteiger partial charge in [0.2, 0.25) is 0 Å². The zero-order chi connectivity index (χ0) is 18.7. The third-order valence-corrected chi connectivity index (χ3v) is 4.09. The van der Waals surface area contributed by atoms with Gasteiger partial charge in [-0.15, -0.1) is 0 Å². The first-order valence-corrected chi connectivity index (χ1v) is 8.19. The number of ether oxygens (including phenoxy) is 3. The lowest BCUT2D eigenvalue weighted by Gasteiger charge is -2.16. The van der Waals surface area contributed by atoms with Gasteiger partial charge in [0.25, 0.3) is 0 Å². The number of carbonyl (C=O) groups excluding carboxylic acids is 1. The van der Waals surface area contributed by atoms with E-state index in [9.17, 15) is 9.90 Å². The molecular weight excluding hydrogens is 332 g/mol. The summed E-state index contributed by atoms with van der Waals surface area (Å²) in [4.78, 5) is 11.5. The molecule has 3 rings (SSSR count). The maximum Gasteiger partial charge on any atom is 0.308 e. The van der Waals surface area contributed by atoms with Crippen LogP contribution >= 0.6 is 0 Å². The first-order valence-electron chi connectivity index (χ1n) is 8.19. The van der Waals surface area contributed by atoms with Crippen LogP contribution in [0.3, 0.4) is 0 Å². The lowest BCUT2D eigenvalue weighted by atomic mass is 10.0. The Balaban J connectivity index is 2.05. The van der Waals surface area contributed by atoms with E-state index >= 15 is 0 Å². The molecule has 134 valence electrons. The van der Waals surface area contributed by atoms with Crippen molar-refractivity contribution < 1.29 is 24.1 Å². The van der Waals surface area contributed by atoms with Gasteiger partial charge in [-0.1, -0.05) is 30.3 Å². The van der Waals surface area contributed by atoms with Crippen LogP contribution in [0.1, 0.15) is 18.1 Å².